The Morgan fingerprint density at radius 3 is 2.49 bits per heavy atom. The first-order valence-electron chi connectivity index (χ1n) is 13.9. The summed E-state index contributed by atoms with van der Waals surface area (Å²) >= 11 is 0. The Kier molecular flexibility index (Phi) is 8.47. The fourth-order valence-electron chi connectivity index (χ4n) is 5.93. The molecule has 41 heavy (non-hydrogen) atoms. The minimum Gasteiger partial charge on any atom is -0.461 e. The summed E-state index contributed by atoms with van der Waals surface area (Å²) < 4.78 is 41.5. The molecule has 216 valence electrons. The Labute approximate surface area is 242 Å². The highest BCUT2D eigenvalue weighted by molar-refractivity contribution is 7.92. The van der Waals surface area contributed by atoms with E-state index < -0.39 is 10.0 Å². The zero-order valence-corrected chi connectivity index (χ0v) is 24.8. The third-order valence-electron chi connectivity index (χ3n) is 8.33. The quantitative estimate of drug-likeness (QED) is 0.242. The average Bonchev–Trinajstić information content (AvgIpc) is 3.28. The molecule has 0 aliphatic heterocycles. The summed E-state index contributed by atoms with van der Waals surface area (Å²) in [6.07, 6.45) is 2.73. The van der Waals surface area contributed by atoms with Crippen LogP contribution in [0.1, 0.15) is 42.1 Å². The summed E-state index contributed by atoms with van der Waals surface area (Å²) in [4.78, 5) is 18.1. The van der Waals surface area contributed by atoms with Crippen LogP contribution in [0.5, 0.6) is 0 Å². The molecule has 0 N–H and O–H groups in total. The van der Waals surface area contributed by atoms with Crippen molar-refractivity contribution >= 4 is 32.7 Å². The molecule has 0 radical (unpaired) electrons. The lowest BCUT2D eigenvalue weighted by Gasteiger charge is -2.36. The van der Waals surface area contributed by atoms with Crippen molar-refractivity contribution in [3.8, 4) is 0 Å². The number of nitrogens with zero attached hydrogens (tertiary/aromatic N) is 3. The van der Waals surface area contributed by atoms with Crippen LogP contribution in [0.4, 0.5) is 5.69 Å². The molecule has 1 saturated carbocycles. The number of imidazole rings is 1. The number of carbonyl (C=O) groups is 1. The minimum atomic E-state index is -3.81. The van der Waals surface area contributed by atoms with Gasteiger partial charge in [0.05, 0.1) is 27.5 Å². The molecule has 3 aromatic carbocycles. The van der Waals surface area contributed by atoms with Crippen molar-refractivity contribution in [3.05, 3.63) is 89.7 Å². The number of anilines is 1. The summed E-state index contributed by atoms with van der Waals surface area (Å²) in [5.41, 5.74) is 4.00. The van der Waals surface area contributed by atoms with E-state index in [2.05, 4.69) is 4.98 Å². The third-order valence-corrected chi connectivity index (χ3v) is 10.1. The lowest BCUT2D eigenvalue weighted by Crippen LogP contribution is -2.36. The molecule has 0 saturated heterocycles. The first-order valence-corrected chi connectivity index (χ1v) is 15.4. The fourth-order valence-corrected chi connectivity index (χ4v) is 7.15. The van der Waals surface area contributed by atoms with Gasteiger partial charge < -0.3 is 14.0 Å². The molecule has 1 heterocycles. The van der Waals surface area contributed by atoms with Crippen molar-refractivity contribution in [2.24, 2.45) is 18.9 Å². The zero-order chi connectivity index (χ0) is 29.1. The maximum absolute atomic E-state index is 13.5. The van der Waals surface area contributed by atoms with E-state index in [1.807, 2.05) is 73.1 Å². The molecule has 1 aliphatic rings. The molecule has 5 rings (SSSR count). The number of carbonyl (C=O) groups excluding carboxylic acids is 1. The van der Waals surface area contributed by atoms with Gasteiger partial charge in [-0.2, -0.15) is 0 Å². The first kappa shape index (κ1) is 28.8. The van der Waals surface area contributed by atoms with E-state index in [0.717, 1.165) is 41.7 Å². The summed E-state index contributed by atoms with van der Waals surface area (Å²) in [5.74, 6) is 0.266. The first-order chi connectivity index (χ1) is 19.7. The van der Waals surface area contributed by atoms with E-state index in [0.29, 0.717) is 17.8 Å². The molecule has 0 amide bonds. The molecular weight excluding hydrogens is 538 g/mol. The molecule has 0 bridgehead atoms. The van der Waals surface area contributed by atoms with Gasteiger partial charge in [-0.05, 0) is 73.1 Å². The van der Waals surface area contributed by atoms with Crippen LogP contribution in [0, 0.1) is 18.8 Å². The van der Waals surface area contributed by atoms with Gasteiger partial charge in [-0.1, -0.05) is 48.9 Å². The number of hydrogen-bond acceptors (Lipinski definition) is 6. The topological polar surface area (TPSA) is 90.7 Å². The number of aryl methyl sites for hydroxylation is 2. The molecule has 0 unspecified atom stereocenters. The SMILES string of the molecule is COC[C@@H]1CCC[C@H](c2ccc(N(C)S(=O)(=O)c3ccc4c(c3)nc(C)n4C)cc2)[C@H]1C(=O)OCc1ccccc1. The number of aromatic nitrogens is 2. The minimum absolute atomic E-state index is 0.0436. The molecule has 0 spiro atoms. The summed E-state index contributed by atoms with van der Waals surface area (Å²) in [6.45, 7) is 2.61. The van der Waals surface area contributed by atoms with Crippen molar-refractivity contribution in [1.29, 1.82) is 0 Å². The number of ether oxygens (including phenoxy) is 2. The van der Waals surface area contributed by atoms with Gasteiger partial charge in [0.15, 0.2) is 0 Å². The second-order valence-corrected chi connectivity index (χ2v) is 12.8. The molecular formula is C32H37N3O5S. The predicted molar refractivity (Wildman–Crippen MR) is 159 cm³/mol. The Hall–Kier alpha value is -3.69. The Bertz CT molecular complexity index is 1610. The van der Waals surface area contributed by atoms with E-state index in [9.17, 15) is 13.2 Å². The van der Waals surface area contributed by atoms with Gasteiger partial charge in [-0.3, -0.25) is 9.10 Å². The summed E-state index contributed by atoms with van der Waals surface area (Å²) in [6, 6.07) is 22.2. The second-order valence-electron chi connectivity index (χ2n) is 10.8. The monoisotopic (exact) mass is 575 g/mol. The van der Waals surface area contributed by atoms with Gasteiger partial charge in [0, 0.05) is 27.8 Å². The standard InChI is InChI=1S/C32H37N3O5S/c1-22-33-29-19-27(17-18-30(29)34(22)2)41(37,38)35(3)26-15-13-24(14-16-26)28-12-8-11-25(21-39-4)31(28)32(36)40-20-23-9-6-5-7-10-23/h5-7,9-10,13-19,25,28,31H,8,11-12,20-21H2,1-4H3/t25-,28+,31-/m0/s1. The van der Waals surface area contributed by atoms with Crippen molar-refractivity contribution in [3.63, 3.8) is 0 Å². The molecule has 3 atom stereocenters. The summed E-state index contributed by atoms with van der Waals surface area (Å²) in [7, 11) is 1.31. The molecule has 9 heteroatoms. The maximum atomic E-state index is 13.5. The van der Waals surface area contributed by atoms with Crippen molar-refractivity contribution in [2.75, 3.05) is 25.1 Å². The number of sulfonamides is 1. The van der Waals surface area contributed by atoms with E-state index >= 15 is 0 Å². The number of hydrogen-bond donors (Lipinski definition) is 0. The van der Waals surface area contributed by atoms with Crippen LogP contribution in [-0.4, -0.2) is 44.7 Å². The van der Waals surface area contributed by atoms with Gasteiger partial charge in [0.2, 0.25) is 0 Å². The molecule has 1 fully saturated rings. The Morgan fingerprint density at radius 2 is 1.78 bits per heavy atom. The highest BCUT2D eigenvalue weighted by Gasteiger charge is 2.40. The van der Waals surface area contributed by atoms with Crippen molar-refractivity contribution in [2.45, 2.75) is 43.6 Å². The van der Waals surface area contributed by atoms with Gasteiger partial charge >= 0.3 is 5.97 Å². The number of esters is 1. The largest absolute Gasteiger partial charge is 0.461 e. The van der Waals surface area contributed by atoms with Gasteiger partial charge in [0.1, 0.15) is 12.4 Å². The predicted octanol–water partition coefficient (Wildman–Crippen LogP) is 5.60. The van der Waals surface area contributed by atoms with E-state index in [1.54, 1.807) is 32.4 Å². The van der Waals surface area contributed by atoms with Gasteiger partial charge in [0.25, 0.3) is 10.0 Å². The van der Waals surface area contributed by atoms with Crippen LogP contribution in [0.25, 0.3) is 11.0 Å². The van der Waals surface area contributed by atoms with Crippen LogP contribution in [0.15, 0.2) is 77.7 Å². The van der Waals surface area contributed by atoms with Gasteiger partial charge in [-0.25, -0.2) is 13.4 Å². The number of fused-ring (bicyclic) bond motifs is 1. The molecule has 1 aliphatic carbocycles. The molecule has 8 nitrogen and oxygen atoms in total. The summed E-state index contributed by atoms with van der Waals surface area (Å²) in [5, 5.41) is 0. The van der Waals surface area contributed by atoms with Crippen LogP contribution in [0.3, 0.4) is 0 Å². The van der Waals surface area contributed by atoms with Crippen LogP contribution >= 0.6 is 0 Å². The molecule has 4 aromatic rings. The Balaban J connectivity index is 1.37. The van der Waals surface area contributed by atoms with Gasteiger partial charge in [-0.15, -0.1) is 0 Å². The highest BCUT2D eigenvalue weighted by Crippen LogP contribution is 2.43. The van der Waals surface area contributed by atoms with Crippen molar-refractivity contribution < 1.29 is 22.7 Å². The smallest absolute Gasteiger partial charge is 0.310 e. The number of rotatable bonds is 9. The van der Waals surface area contributed by atoms with Crippen molar-refractivity contribution in [1.82, 2.24) is 9.55 Å². The zero-order valence-electron chi connectivity index (χ0n) is 24.0. The maximum Gasteiger partial charge on any atom is 0.310 e. The lowest BCUT2D eigenvalue weighted by molar-refractivity contribution is -0.155. The van der Waals surface area contributed by atoms with Crippen LogP contribution in [0.2, 0.25) is 0 Å². The van der Waals surface area contributed by atoms with E-state index in [-0.39, 0.29) is 35.2 Å². The van der Waals surface area contributed by atoms with E-state index in [1.165, 1.54) is 4.31 Å². The fraction of sp³-hybridized carbons (Fsp3) is 0.375. The number of benzene rings is 3. The van der Waals surface area contributed by atoms with E-state index in [4.69, 9.17) is 9.47 Å². The van der Waals surface area contributed by atoms with Crippen LogP contribution < -0.4 is 4.31 Å². The lowest BCUT2D eigenvalue weighted by atomic mass is 9.69. The molecule has 1 aromatic heterocycles. The highest BCUT2D eigenvalue weighted by atomic mass is 32.2. The third kappa shape index (κ3) is 5.87. The normalized spacial score (nSPS) is 19.3. The average molecular weight is 576 g/mol. The Morgan fingerprint density at radius 1 is 1.05 bits per heavy atom. The number of methoxy groups -OCH3 is 1. The second kappa shape index (κ2) is 12.0. The van der Waals surface area contributed by atoms with Crippen LogP contribution in [-0.2, 0) is 37.9 Å².